The molecule has 0 radical (unpaired) electrons. The largest absolute Gasteiger partial charge is 0.481 e. The lowest BCUT2D eigenvalue weighted by Gasteiger charge is -2.21. The minimum absolute atomic E-state index is 0.0613. The Balaban J connectivity index is 3.03. The Morgan fingerprint density at radius 3 is 2.59 bits per heavy atom. The van der Waals surface area contributed by atoms with Gasteiger partial charge in [-0.2, -0.15) is 0 Å². The molecule has 1 aromatic carbocycles. The van der Waals surface area contributed by atoms with Crippen LogP contribution in [0, 0.1) is 3.57 Å². The fourth-order valence-electron chi connectivity index (χ4n) is 1.31. The minimum Gasteiger partial charge on any atom is -0.481 e. The van der Waals surface area contributed by atoms with Crippen LogP contribution in [0.2, 0.25) is 0 Å². The first-order valence-electron chi connectivity index (χ1n) is 4.76. The van der Waals surface area contributed by atoms with Crippen molar-refractivity contribution in [2.24, 2.45) is 0 Å². The second-order valence-corrected chi connectivity index (χ2v) is 6.61. The molecule has 0 aliphatic heterocycles. The number of carbonyl (C=O) groups is 1. The van der Waals surface area contributed by atoms with E-state index in [0.717, 1.165) is 14.1 Å². The molecule has 0 saturated carbocycles. The third-order valence-corrected chi connectivity index (χ3v) is 3.89. The molecule has 0 aromatic heterocycles. The molecule has 0 amide bonds. The van der Waals surface area contributed by atoms with Crippen LogP contribution in [0.3, 0.4) is 0 Å². The highest BCUT2D eigenvalue weighted by Crippen LogP contribution is 2.20. The van der Waals surface area contributed by atoms with Crippen LogP contribution in [-0.4, -0.2) is 32.3 Å². The molecule has 17 heavy (non-hydrogen) atoms. The van der Waals surface area contributed by atoms with Gasteiger partial charge in [-0.3, -0.25) is 9.10 Å². The molecule has 1 N–H and O–H groups in total. The summed E-state index contributed by atoms with van der Waals surface area (Å²) < 4.78 is 25.2. The average Bonchev–Trinajstić information content (AvgIpc) is 2.15. The molecular weight excluding hydrogens is 357 g/mol. The number of aliphatic carboxylic acids is 1. The Hall–Kier alpha value is -0.830. The third-order valence-electron chi connectivity index (χ3n) is 2.03. The normalized spacial score (nSPS) is 11.2. The summed E-state index contributed by atoms with van der Waals surface area (Å²) in [6, 6.07) is 6.91. The van der Waals surface area contributed by atoms with Gasteiger partial charge >= 0.3 is 5.97 Å². The first kappa shape index (κ1) is 14.2. The van der Waals surface area contributed by atoms with Crippen LogP contribution >= 0.6 is 22.6 Å². The van der Waals surface area contributed by atoms with E-state index in [-0.39, 0.29) is 13.0 Å². The van der Waals surface area contributed by atoms with Crippen molar-refractivity contribution < 1.29 is 18.3 Å². The van der Waals surface area contributed by atoms with Gasteiger partial charge in [-0.05, 0) is 40.8 Å². The van der Waals surface area contributed by atoms with Gasteiger partial charge in [-0.15, -0.1) is 0 Å². The van der Waals surface area contributed by atoms with Crippen molar-refractivity contribution in [3.05, 3.63) is 27.8 Å². The van der Waals surface area contributed by atoms with Gasteiger partial charge in [0.25, 0.3) is 0 Å². The summed E-state index contributed by atoms with van der Waals surface area (Å²) in [6.45, 7) is -0.0613. The second kappa shape index (κ2) is 5.67. The lowest BCUT2D eigenvalue weighted by atomic mass is 10.3. The predicted octanol–water partition coefficient (Wildman–Crippen LogP) is 1.53. The van der Waals surface area contributed by atoms with E-state index < -0.39 is 16.0 Å². The highest BCUT2D eigenvalue weighted by molar-refractivity contribution is 14.1. The van der Waals surface area contributed by atoms with Gasteiger partial charge in [-0.1, -0.05) is 6.07 Å². The molecule has 0 fully saturated rings. The van der Waals surface area contributed by atoms with Crippen LogP contribution in [0.4, 0.5) is 5.69 Å². The number of hydrogen-bond acceptors (Lipinski definition) is 3. The molecular formula is C10H12INO4S. The van der Waals surface area contributed by atoms with E-state index in [1.54, 1.807) is 18.2 Å². The highest BCUT2D eigenvalue weighted by Gasteiger charge is 2.18. The Morgan fingerprint density at radius 2 is 2.12 bits per heavy atom. The van der Waals surface area contributed by atoms with Gasteiger partial charge in [0, 0.05) is 10.1 Å². The Bertz CT molecular complexity index is 515. The molecule has 0 spiro atoms. The molecule has 0 bridgehead atoms. The van der Waals surface area contributed by atoms with E-state index in [0.29, 0.717) is 5.69 Å². The van der Waals surface area contributed by atoms with Crippen molar-refractivity contribution in [1.82, 2.24) is 0 Å². The fourth-order valence-corrected chi connectivity index (χ4v) is 2.76. The summed E-state index contributed by atoms with van der Waals surface area (Å²) in [5.41, 5.74) is 0.487. The van der Waals surface area contributed by atoms with Crippen LogP contribution in [0.25, 0.3) is 0 Å². The molecule has 0 heterocycles. The third kappa shape index (κ3) is 4.50. The van der Waals surface area contributed by atoms with E-state index in [9.17, 15) is 13.2 Å². The van der Waals surface area contributed by atoms with Crippen LogP contribution < -0.4 is 4.31 Å². The summed E-state index contributed by atoms with van der Waals surface area (Å²) in [5.74, 6) is -1.02. The van der Waals surface area contributed by atoms with Crippen molar-refractivity contribution >= 4 is 44.3 Å². The number of sulfonamides is 1. The van der Waals surface area contributed by atoms with Gasteiger partial charge in [-0.25, -0.2) is 8.42 Å². The molecule has 0 aliphatic rings. The molecule has 1 aromatic rings. The molecule has 1 rings (SSSR count). The Kier molecular flexibility index (Phi) is 4.75. The van der Waals surface area contributed by atoms with Crippen LogP contribution in [0.15, 0.2) is 24.3 Å². The number of halogens is 1. The monoisotopic (exact) mass is 369 g/mol. The van der Waals surface area contributed by atoms with Crippen molar-refractivity contribution in [2.75, 3.05) is 17.1 Å². The summed E-state index contributed by atoms with van der Waals surface area (Å²) in [7, 11) is -3.46. The molecule has 0 saturated heterocycles. The lowest BCUT2D eigenvalue weighted by molar-refractivity contribution is -0.136. The molecule has 0 unspecified atom stereocenters. The van der Waals surface area contributed by atoms with Crippen molar-refractivity contribution in [2.45, 2.75) is 6.42 Å². The number of hydrogen-bond donors (Lipinski definition) is 1. The quantitative estimate of drug-likeness (QED) is 0.799. The van der Waals surface area contributed by atoms with Gasteiger partial charge in [0.05, 0.1) is 18.4 Å². The van der Waals surface area contributed by atoms with Crippen molar-refractivity contribution in [3.8, 4) is 0 Å². The van der Waals surface area contributed by atoms with E-state index in [1.807, 2.05) is 6.07 Å². The van der Waals surface area contributed by atoms with Gasteiger partial charge in [0.15, 0.2) is 0 Å². The maximum Gasteiger partial charge on any atom is 0.305 e. The first-order chi connectivity index (χ1) is 7.80. The minimum atomic E-state index is -3.46. The standard InChI is InChI=1S/C10H12INO4S/c1-17(15,16)12(6-5-10(13)14)9-4-2-3-8(11)7-9/h2-4,7H,5-6H2,1H3,(H,13,14). The van der Waals surface area contributed by atoms with E-state index in [4.69, 9.17) is 5.11 Å². The Labute approximate surface area is 114 Å². The number of carboxylic acids is 1. The van der Waals surface area contributed by atoms with Gasteiger partial charge < -0.3 is 5.11 Å². The first-order valence-corrected chi connectivity index (χ1v) is 7.68. The van der Waals surface area contributed by atoms with E-state index in [2.05, 4.69) is 22.6 Å². The second-order valence-electron chi connectivity index (χ2n) is 3.46. The van der Waals surface area contributed by atoms with E-state index in [1.165, 1.54) is 0 Å². The summed E-state index contributed by atoms with van der Waals surface area (Å²) >= 11 is 2.07. The van der Waals surface area contributed by atoms with Crippen LogP contribution in [0.5, 0.6) is 0 Å². The summed E-state index contributed by atoms with van der Waals surface area (Å²) in [5, 5.41) is 8.61. The molecule has 5 nitrogen and oxygen atoms in total. The summed E-state index contributed by atoms with van der Waals surface area (Å²) in [6.07, 6.45) is 0.841. The van der Waals surface area contributed by atoms with Gasteiger partial charge in [0.2, 0.25) is 10.0 Å². The molecule has 7 heteroatoms. The van der Waals surface area contributed by atoms with Crippen LogP contribution in [-0.2, 0) is 14.8 Å². The van der Waals surface area contributed by atoms with Gasteiger partial charge in [0.1, 0.15) is 0 Å². The molecule has 94 valence electrons. The summed E-state index contributed by atoms with van der Waals surface area (Å²) in [4.78, 5) is 10.5. The fraction of sp³-hybridized carbons (Fsp3) is 0.300. The number of anilines is 1. The van der Waals surface area contributed by atoms with E-state index >= 15 is 0 Å². The smallest absolute Gasteiger partial charge is 0.305 e. The topological polar surface area (TPSA) is 74.7 Å². The maximum atomic E-state index is 11.6. The lowest BCUT2D eigenvalue weighted by Crippen LogP contribution is -2.32. The maximum absolute atomic E-state index is 11.6. The SMILES string of the molecule is CS(=O)(=O)N(CCC(=O)O)c1cccc(I)c1. The number of rotatable bonds is 5. The van der Waals surface area contributed by atoms with Crippen molar-refractivity contribution in [3.63, 3.8) is 0 Å². The Morgan fingerprint density at radius 1 is 1.47 bits per heavy atom. The molecule has 0 atom stereocenters. The zero-order valence-electron chi connectivity index (χ0n) is 9.13. The predicted molar refractivity (Wildman–Crippen MR) is 73.6 cm³/mol. The van der Waals surface area contributed by atoms with Crippen molar-refractivity contribution in [1.29, 1.82) is 0 Å². The highest BCUT2D eigenvalue weighted by atomic mass is 127. The molecule has 0 aliphatic carbocycles. The zero-order valence-corrected chi connectivity index (χ0v) is 12.1. The number of benzene rings is 1. The zero-order chi connectivity index (χ0) is 13.1. The number of carboxylic acid groups (broad SMARTS) is 1. The number of nitrogens with zero attached hydrogens (tertiary/aromatic N) is 1. The average molecular weight is 369 g/mol. The van der Waals surface area contributed by atoms with Crippen LogP contribution in [0.1, 0.15) is 6.42 Å².